The summed E-state index contributed by atoms with van der Waals surface area (Å²) >= 11 is 0. The van der Waals surface area contributed by atoms with Gasteiger partial charge in [-0.15, -0.1) is 0 Å². The predicted molar refractivity (Wildman–Crippen MR) is 55.0 cm³/mol. The molecule has 0 aromatic rings. The monoisotopic (exact) mass is 195 g/mol. The van der Waals surface area contributed by atoms with Crippen molar-refractivity contribution in [3.8, 4) is 0 Å². The summed E-state index contributed by atoms with van der Waals surface area (Å²) in [4.78, 5) is 13.6. The van der Waals surface area contributed by atoms with Crippen molar-refractivity contribution in [3.63, 3.8) is 0 Å². The van der Waals surface area contributed by atoms with Crippen molar-refractivity contribution in [1.29, 1.82) is 0 Å². The number of carbonyl (C=O) groups is 1. The minimum atomic E-state index is 0.350. The maximum Gasteiger partial charge on any atom is 0.222 e. The van der Waals surface area contributed by atoms with Crippen LogP contribution in [0.15, 0.2) is 0 Å². The molecule has 1 amide bonds. The Labute approximate surface area is 85.8 Å². The van der Waals surface area contributed by atoms with E-state index in [2.05, 4.69) is 17.1 Å². The van der Waals surface area contributed by atoms with Gasteiger partial charge in [0, 0.05) is 32.1 Å². The summed E-state index contributed by atoms with van der Waals surface area (Å²) in [5.41, 5.74) is 0. The Balaban J connectivity index is 1.92. The fourth-order valence-corrected chi connectivity index (χ4v) is 2.56. The first kappa shape index (κ1) is 9.97. The first-order valence-electron chi connectivity index (χ1n) is 5.72. The van der Waals surface area contributed by atoms with Gasteiger partial charge in [0.1, 0.15) is 0 Å². The van der Waals surface area contributed by atoms with E-state index in [1.165, 1.54) is 12.8 Å². The van der Waals surface area contributed by atoms with Gasteiger partial charge in [-0.25, -0.2) is 5.32 Å². The van der Waals surface area contributed by atoms with Crippen LogP contribution in [0.25, 0.3) is 0 Å². The van der Waals surface area contributed by atoms with Crippen molar-refractivity contribution in [2.75, 3.05) is 19.6 Å². The van der Waals surface area contributed by atoms with Gasteiger partial charge in [0.2, 0.25) is 5.91 Å². The highest BCUT2D eigenvalue weighted by Crippen LogP contribution is 2.23. The fourth-order valence-electron chi connectivity index (χ4n) is 2.56. The lowest BCUT2D eigenvalue weighted by atomic mass is 9.92. The zero-order valence-corrected chi connectivity index (χ0v) is 8.91. The summed E-state index contributed by atoms with van der Waals surface area (Å²) in [6, 6.07) is 0.411. The molecule has 1 radical (unpaired) electrons. The van der Waals surface area contributed by atoms with Gasteiger partial charge in [0.05, 0.1) is 0 Å². The third kappa shape index (κ3) is 1.92. The first-order chi connectivity index (χ1) is 6.79. The molecule has 14 heavy (non-hydrogen) atoms. The van der Waals surface area contributed by atoms with E-state index in [-0.39, 0.29) is 0 Å². The van der Waals surface area contributed by atoms with E-state index in [9.17, 15) is 4.79 Å². The lowest BCUT2D eigenvalue weighted by Crippen LogP contribution is -2.43. The van der Waals surface area contributed by atoms with Gasteiger partial charge in [-0.05, 0) is 32.1 Å². The maximum absolute atomic E-state index is 11.6. The second-order valence-corrected chi connectivity index (χ2v) is 4.46. The van der Waals surface area contributed by atoms with Crippen LogP contribution < -0.4 is 5.32 Å². The number of amides is 1. The molecule has 0 bridgehead atoms. The minimum Gasteiger partial charge on any atom is -0.340 e. The molecule has 2 saturated heterocycles. The standard InChI is InChI=1S/C11H19N2O/c1-9(10-4-2-6-12-8-10)13-7-3-5-11(13)14/h9-10H,2-8H2,1H3/t9?,10-/m0/s1. The third-order valence-corrected chi connectivity index (χ3v) is 3.54. The normalized spacial score (nSPS) is 30.8. The van der Waals surface area contributed by atoms with E-state index in [4.69, 9.17) is 0 Å². The number of hydrogen-bond acceptors (Lipinski definition) is 1. The highest BCUT2D eigenvalue weighted by Gasteiger charge is 2.30. The molecule has 0 saturated carbocycles. The molecule has 3 heteroatoms. The second kappa shape index (κ2) is 4.30. The van der Waals surface area contributed by atoms with Crippen molar-refractivity contribution < 1.29 is 4.79 Å². The molecule has 0 spiro atoms. The van der Waals surface area contributed by atoms with E-state index in [1.807, 2.05) is 0 Å². The molecular weight excluding hydrogens is 176 g/mol. The average molecular weight is 195 g/mol. The van der Waals surface area contributed by atoms with E-state index in [0.717, 1.165) is 32.5 Å². The average Bonchev–Trinajstić information content (AvgIpc) is 2.65. The van der Waals surface area contributed by atoms with Crippen LogP contribution in [0, 0.1) is 5.92 Å². The van der Waals surface area contributed by atoms with Crippen LogP contribution >= 0.6 is 0 Å². The Bertz CT molecular complexity index is 211. The number of rotatable bonds is 2. The number of carbonyl (C=O) groups excluding carboxylic acids is 1. The van der Waals surface area contributed by atoms with Crippen molar-refractivity contribution in [1.82, 2.24) is 10.2 Å². The molecule has 3 nitrogen and oxygen atoms in total. The Hall–Kier alpha value is -0.570. The van der Waals surface area contributed by atoms with Crippen LogP contribution in [0.3, 0.4) is 0 Å². The SMILES string of the molecule is CC([C@H]1CCC[N]C1)N1CCCC1=O. The Kier molecular flexibility index (Phi) is 3.06. The van der Waals surface area contributed by atoms with Crippen LogP contribution in [0.5, 0.6) is 0 Å². The Morgan fingerprint density at radius 2 is 2.36 bits per heavy atom. The molecule has 2 rings (SSSR count). The summed E-state index contributed by atoms with van der Waals surface area (Å²) in [5, 5.41) is 4.44. The second-order valence-electron chi connectivity index (χ2n) is 4.46. The molecule has 1 unspecified atom stereocenters. The van der Waals surface area contributed by atoms with Crippen molar-refractivity contribution in [3.05, 3.63) is 0 Å². The highest BCUT2D eigenvalue weighted by molar-refractivity contribution is 5.78. The molecular formula is C11H19N2O. The van der Waals surface area contributed by atoms with Crippen LogP contribution in [0.2, 0.25) is 0 Å². The number of likely N-dealkylation sites (tertiary alicyclic amines) is 1. The number of nitrogens with zero attached hydrogens (tertiary/aromatic N) is 2. The van der Waals surface area contributed by atoms with Gasteiger partial charge in [-0.3, -0.25) is 4.79 Å². The molecule has 79 valence electrons. The van der Waals surface area contributed by atoms with Gasteiger partial charge in [0.15, 0.2) is 0 Å². The number of hydrogen-bond donors (Lipinski definition) is 0. The smallest absolute Gasteiger partial charge is 0.222 e. The summed E-state index contributed by atoms with van der Waals surface area (Å²) < 4.78 is 0. The number of piperidine rings is 1. The van der Waals surface area contributed by atoms with Gasteiger partial charge in [-0.2, -0.15) is 0 Å². The molecule has 2 fully saturated rings. The predicted octanol–water partition coefficient (Wildman–Crippen LogP) is 1.01. The Morgan fingerprint density at radius 3 is 2.93 bits per heavy atom. The lowest BCUT2D eigenvalue weighted by Gasteiger charge is -2.33. The topological polar surface area (TPSA) is 34.4 Å². The summed E-state index contributed by atoms with van der Waals surface area (Å²) in [5.74, 6) is 0.967. The van der Waals surface area contributed by atoms with Gasteiger partial charge in [0.25, 0.3) is 0 Å². The van der Waals surface area contributed by atoms with Crippen LogP contribution in [0.4, 0.5) is 0 Å². The van der Waals surface area contributed by atoms with Crippen molar-refractivity contribution >= 4 is 5.91 Å². The molecule has 2 heterocycles. The maximum atomic E-state index is 11.6. The molecule has 0 N–H and O–H groups in total. The molecule has 0 aromatic carbocycles. The molecule has 0 aromatic heterocycles. The zero-order chi connectivity index (χ0) is 9.97. The zero-order valence-electron chi connectivity index (χ0n) is 8.91. The van der Waals surface area contributed by atoms with E-state index in [1.54, 1.807) is 0 Å². The van der Waals surface area contributed by atoms with Gasteiger partial charge >= 0.3 is 0 Å². The van der Waals surface area contributed by atoms with E-state index in [0.29, 0.717) is 17.9 Å². The van der Waals surface area contributed by atoms with E-state index < -0.39 is 0 Å². The largest absolute Gasteiger partial charge is 0.340 e. The Morgan fingerprint density at radius 1 is 1.50 bits per heavy atom. The van der Waals surface area contributed by atoms with Crippen LogP contribution in [-0.2, 0) is 4.79 Å². The minimum absolute atomic E-state index is 0.350. The summed E-state index contributed by atoms with van der Waals surface area (Å²) in [6.07, 6.45) is 4.26. The first-order valence-corrected chi connectivity index (χ1v) is 5.72. The molecule has 2 aliphatic heterocycles. The van der Waals surface area contributed by atoms with Crippen LogP contribution in [-0.4, -0.2) is 36.5 Å². The molecule has 0 aliphatic carbocycles. The highest BCUT2D eigenvalue weighted by atomic mass is 16.2. The third-order valence-electron chi connectivity index (χ3n) is 3.54. The lowest BCUT2D eigenvalue weighted by molar-refractivity contribution is -0.130. The summed E-state index contributed by atoms with van der Waals surface area (Å²) in [7, 11) is 0. The quantitative estimate of drug-likeness (QED) is 0.647. The van der Waals surface area contributed by atoms with Crippen molar-refractivity contribution in [2.24, 2.45) is 5.92 Å². The fraction of sp³-hybridized carbons (Fsp3) is 0.909. The molecule has 2 aliphatic rings. The summed E-state index contributed by atoms with van der Waals surface area (Å²) in [6.45, 7) is 5.15. The van der Waals surface area contributed by atoms with E-state index >= 15 is 0 Å². The van der Waals surface area contributed by atoms with Crippen LogP contribution in [0.1, 0.15) is 32.6 Å². The molecule has 2 atom stereocenters. The van der Waals surface area contributed by atoms with Crippen molar-refractivity contribution in [2.45, 2.75) is 38.6 Å². The van der Waals surface area contributed by atoms with Gasteiger partial charge < -0.3 is 4.90 Å². The van der Waals surface area contributed by atoms with Gasteiger partial charge in [-0.1, -0.05) is 0 Å².